The highest BCUT2D eigenvalue weighted by molar-refractivity contribution is 9.10. The molecule has 2 aromatic rings. The molecule has 1 aromatic carbocycles. The van der Waals surface area contributed by atoms with E-state index >= 15 is 0 Å². The Hall–Kier alpha value is -2.02. The van der Waals surface area contributed by atoms with Gasteiger partial charge in [-0.1, -0.05) is 26.8 Å². The second kappa shape index (κ2) is 7.92. The van der Waals surface area contributed by atoms with E-state index in [9.17, 15) is 9.59 Å². The van der Waals surface area contributed by atoms with Crippen LogP contribution in [0.1, 0.15) is 50.4 Å². The van der Waals surface area contributed by atoms with Crippen molar-refractivity contribution < 1.29 is 9.53 Å². The minimum absolute atomic E-state index is 0.0620. The van der Waals surface area contributed by atoms with Gasteiger partial charge in [0.05, 0.1) is 23.2 Å². The predicted octanol–water partition coefficient (Wildman–Crippen LogP) is 3.51. The molecule has 1 aliphatic heterocycles. The summed E-state index contributed by atoms with van der Waals surface area (Å²) in [4.78, 5) is 25.9. The monoisotopic (exact) mass is 435 g/mol. The molecule has 0 unspecified atom stereocenters. The molecule has 1 aliphatic rings. The van der Waals surface area contributed by atoms with Crippen LogP contribution in [0.2, 0.25) is 0 Å². The van der Waals surface area contributed by atoms with Gasteiger partial charge in [0.1, 0.15) is 5.75 Å². The van der Waals surface area contributed by atoms with E-state index in [0.717, 1.165) is 15.9 Å². The van der Waals surface area contributed by atoms with E-state index in [-0.39, 0.29) is 16.9 Å². The minimum Gasteiger partial charge on any atom is -0.492 e. The summed E-state index contributed by atoms with van der Waals surface area (Å²) in [7, 11) is 0. The molecule has 7 heteroatoms. The number of H-pyrrole nitrogens is 2. The first-order valence-electron chi connectivity index (χ1n) is 9.24. The van der Waals surface area contributed by atoms with Gasteiger partial charge in [-0.2, -0.15) is 0 Å². The van der Waals surface area contributed by atoms with E-state index in [1.807, 2.05) is 6.07 Å². The fraction of sp³-hybridized carbons (Fsp3) is 0.500. The Balaban J connectivity index is 1.47. The van der Waals surface area contributed by atoms with Gasteiger partial charge < -0.3 is 14.7 Å². The first kappa shape index (κ1) is 19.7. The highest BCUT2D eigenvalue weighted by Crippen LogP contribution is 2.31. The van der Waals surface area contributed by atoms with Crippen LogP contribution in [-0.4, -0.2) is 34.2 Å². The average molecular weight is 436 g/mol. The van der Waals surface area contributed by atoms with Crippen LogP contribution < -0.4 is 10.3 Å². The maximum atomic E-state index is 12.4. The lowest BCUT2D eigenvalue weighted by atomic mass is 9.87. The highest BCUT2D eigenvalue weighted by atomic mass is 79.9. The van der Waals surface area contributed by atoms with Gasteiger partial charge in [0, 0.05) is 25.1 Å². The number of carbonyl (C=O) groups excluding carboxylic acids is 1. The highest BCUT2D eigenvalue weighted by Gasteiger charge is 2.23. The minimum atomic E-state index is -0.130. The average Bonchev–Trinajstić information content (AvgIpc) is 2.99. The Morgan fingerprint density at radius 2 is 2.07 bits per heavy atom. The Morgan fingerprint density at radius 3 is 2.78 bits per heavy atom. The molecule has 0 aliphatic carbocycles. The molecule has 146 valence electrons. The molecule has 2 N–H and O–H groups in total. The molecular formula is C20H26BrN3O3. The van der Waals surface area contributed by atoms with Crippen molar-refractivity contribution in [3.63, 3.8) is 0 Å². The third-order valence-electron chi connectivity index (χ3n) is 4.89. The lowest BCUT2D eigenvalue weighted by Crippen LogP contribution is -2.37. The van der Waals surface area contributed by atoms with Crippen LogP contribution in [0.4, 0.5) is 0 Å². The van der Waals surface area contributed by atoms with E-state index in [0.29, 0.717) is 44.5 Å². The van der Waals surface area contributed by atoms with Gasteiger partial charge in [0.25, 0.3) is 5.56 Å². The summed E-state index contributed by atoms with van der Waals surface area (Å²) in [6.45, 7) is 8.01. The normalized spacial score (nSPS) is 14.1. The fourth-order valence-electron chi connectivity index (χ4n) is 3.18. The largest absolute Gasteiger partial charge is 0.492 e. The number of fused-ring (bicyclic) bond motifs is 1. The zero-order valence-corrected chi connectivity index (χ0v) is 17.6. The predicted molar refractivity (Wildman–Crippen MR) is 108 cm³/mol. The van der Waals surface area contributed by atoms with Crippen LogP contribution in [0.3, 0.4) is 0 Å². The molecule has 0 fully saturated rings. The molecule has 0 radical (unpaired) electrons. The molecule has 1 aromatic heterocycles. The van der Waals surface area contributed by atoms with Crippen molar-refractivity contribution in [1.29, 1.82) is 0 Å². The quantitative estimate of drug-likeness (QED) is 0.705. The van der Waals surface area contributed by atoms with Gasteiger partial charge in [-0.25, -0.2) is 0 Å². The molecule has 0 saturated heterocycles. The number of rotatable bonds is 5. The van der Waals surface area contributed by atoms with Crippen LogP contribution in [0.5, 0.6) is 5.75 Å². The standard InChI is InChI=1S/C20H26BrN3O3/c1-20(2,3)13-6-7-17(15(21)11-13)27-10-4-5-18(25)24-9-8-16-14(12-24)19(26)23-22-16/h6-7,11H,4-5,8-10,12H2,1-3H3,(H2,22,23,26). The van der Waals surface area contributed by atoms with Crippen molar-refractivity contribution in [3.05, 3.63) is 49.8 Å². The molecule has 6 nitrogen and oxygen atoms in total. The maximum Gasteiger partial charge on any atom is 0.269 e. The summed E-state index contributed by atoms with van der Waals surface area (Å²) in [5, 5.41) is 5.46. The molecule has 0 spiro atoms. The molecule has 1 amide bonds. The van der Waals surface area contributed by atoms with E-state index in [1.165, 1.54) is 5.56 Å². The zero-order valence-electron chi connectivity index (χ0n) is 16.0. The first-order chi connectivity index (χ1) is 12.8. The molecule has 27 heavy (non-hydrogen) atoms. The SMILES string of the molecule is CC(C)(C)c1ccc(OCCCC(=O)N2CCc3[nH][nH]c(=O)c3C2)c(Br)c1. The summed E-state index contributed by atoms with van der Waals surface area (Å²) in [5.41, 5.74) is 2.78. The molecule has 3 rings (SSSR count). The van der Waals surface area contributed by atoms with Crippen molar-refractivity contribution in [2.24, 2.45) is 0 Å². The summed E-state index contributed by atoms with van der Waals surface area (Å²) < 4.78 is 6.75. The second-order valence-corrected chi connectivity index (χ2v) is 8.80. The van der Waals surface area contributed by atoms with Crippen LogP contribution in [0.15, 0.2) is 27.5 Å². The smallest absolute Gasteiger partial charge is 0.269 e. The second-order valence-electron chi connectivity index (χ2n) is 7.95. The number of amides is 1. The molecule has 0 bridgehead atoms. The van der Waals surface area contributed by atoms with Gasteiger partial charge in [-0.05, 0) is 45.5 Å². The topological polar surface area (TPSA) is 78.2 Å². The number of benzene rings is 1. The van der Waals surface area contributed by atoms with Gasteiger partial charge in [0.2, 0.25) is 5.91 Å². The molecule has 2 heterocycles. The van der Waals surface area contributed by atoms with E-state index in [1.54, 1.807) is 4.90 Å². The Morgan fingerprint density at radius 1 is 1.30 bits per heavy atom. The summed E-state index contributed by atoms with van der Waals surface area (Å²) in [5.74, 6) is 0.851. The van der Waals surface area contributed by atoms with Crippen LogP contribution >= 0.6 is 15.9 Å². The number of halogens is 1. The molecule has 0 atom stereocenters. The number of ether oxygens (including phenoxy) is 1. The third kappa shape index (κ3) is 4.64. The third-order valence-corrected chi connectivity index (χ3v) is 5.51. The summed E-state index contributed by atoms with van der Waals surface area (Å²) >= 11 is 3.57. The van der Waals surface area contributed by atoms with E-state index in [4.69, 9.17) is 4.74 Å². The number of nitrogens with one attached hydrogen (secondary N) is 2. The fourth-order valence-corrected chi connectivity index (χ4v) is 3.67. The summed E-state index contributed by atoms with van der Waals surface area (Å²) in [6, 6.07) is 6.13. The van der Waals surface area contributed by atoms with Crippen molar-refractivity contribution in [2.45, 2.75) is 52.0 Å². The molecular weight excluding hydrogens is 410 g/mol. The van der Waals surface area contributed by atoms with Gasteiger partial charge in [-0.15, -0.1) is 0 Å². The van der Waals surface area contributed by atoms with Gasteiger partial charge in [-0.3, -0.25) is 14.7 Å². The molecule has 0 saturated carbocycles. The van der Waals surface area contributed by atoms with Gasteiger partial charge in [0.15, 0.2) is 0 Å². The number of nitrogens with zero attached hydrogens (tertiary/aromatic N) is 1. The summed E-state index contributed by atoms with van der Waals surface area (Å²) in [6.07, 6.45) is 1.73. The number of hydrogen-bond acceptors (Lipinski definition) is 3. The zero-order chi connectivity index (χ0) is 19.6. The van der Waals surface area contributed by atoms with E-state index in [2.05, 4.69) is 59.0 Å². The van der Waals surface area contributed by atoms with E-state index < -0.39 is 0 Å². The van der Waals surface area contributed by atoms with Crippen LogP contribution in [0, 0.1) is 0 Å². The van der Waals surface area contributed by atoms with Gasteiger partial charge >= 0.3 is 0 Å². The number of aromatic amines is 2. The maximum absolute atomic E-state index is 12.4. The van der Waals surface area contributed by atoms with Crippen molar-refractivity contribution in [3.8, 4) is 5.75 Å². The lowest BCUT2D eigenvalue weighted by molar-refractivity contribution is -0.132. The van der Waals surface area contributed by atoms with Crippen LogP contribution in [-0.2, 0) is 23.2 Å². The first-order valence-corrected chi connectivity index (χ1v) is 10.0. The number of hydrogen-bond donors (Lipinski definition) is 2. The van der Waals surface area contributed by atoms with Crippen molar-refractivity contribution >= 4 is 21.8 Å². The number of aromatic nitrogens is 2. The lowest BCUT2D eigenvalue weighted by Gasteiger charge is -2.26. The Bertz CT molecular complexity index is 879. The Labute approximate surface area is 167 Å². The van der Waals surface area contributed by atoms with Crippen molar-refractivity contribution in [2.75, 3.05) is 13.2 Å². The number of carbonyl (C=O) groups is 1. The Kier molecular flexibility index (Phi) is 5.79. The van der Waals surface area contributed by atoms with Crippen LogP contribution in [0.25, 0.3) is 0 Å². The van der Waals surface area contributed by atoms with Crippen molar-refractivity contribution in [1.82, 2.24) is 15.1 Å².